The van der Waals surface area contributed by atoms with E-state index in [2.05, 4.69) is 24.8 Å². The molecule has 0 bridgehead atoms. The molecular formula is C25H27N5O7S. The van der Waals surface area contributed by atoms with Crippen molar-refractivity contribution in [3.63, 3.8) is 0 Å². The molecule has 0 aliphatic carbocycles. The Balaban J connectivity index is 1.22. The van der Waals surface area contributed by atoms with Crippen LogP contribution in [-0.2, 0) is 19.0 Å². The van der Waals surface area contributed by atoms with E-state index >= 15 is 0 Å². The summed E-state index contributed by atoms with van der Waals surface area (Å²) in [6.45, 7) is 3.25. The van der Waals surface area contributed by atoms with Crippen molar-refractivity contribution in [2.45, 2.75) is 24.3 Å². The molecular weight excluding hydrogens is 514 g/mol. The highest BCUT2D eigenvalue weighted by Crippen LogP contribution is 2.36. The molecule has 1 saturated heterocycles. The van der Waals surface area contributed by atoms with E-state index < -0.39 is 10.1 Å². The Bertz CT molecular complexity index is 1530. The minimum atomic E-state index is -3.82. The number of methoxy groups -OCH3 is 2. The number of rotatable bonds is 10. The third kappa shape index (κ3) is 5.39. The van der Waals surface area contributed by atoms with Crippen LogP contribution >= 0.6 is 0 Å². The smallest absolute Gasteiger partial charge is 0.319 e. The van der Waals surface area contributed by atoms with Gasteiger partial charge in [-0.3, -0.25) is 4.18 Å². The fourth-order valence-electron chi connectivity index (χ4n) is 4.19. The van der Waals surface area contributed by atoms with E-state index in [9.17, 15) is 8.42 Å². The fourth-order valence-corrected chi connectivity index (χ4v) is 5.08. The Morgan fingerprint density at radius 2 is 1.89 bits per heavy atom. The summed E-state index contributed by atoms with van der Waals surface area (Å²) < 4.78 is 52.1. The zero-order valence-electron chi connectivity index (χ0n) is 21.2. The number of anilines is 1. The van der Waals surface area contributed by atoms with Crippen LogP contribution in [0.25, 0.3) is 22.4 Å². The summed E-state index contributed by atoms with van der Waals surface area (Å²) >= 11 is 0. The molecule has 0 spiro atoms. The summed E-state index contributed by atoms with van der Waals surface area (Å²) in [5.74, 6) is 1.51. The highest BCUT2D eigenvalue weighted by molar-refractivity contribution is 7.86. The molecule has 38 heavy (non-hydrogen) atoms. The number of furan rings is 1. The number of hydrogen-bond acceptors (Lipinski definition) is 12. The van der Waals surface area contributed by atoms with Gasteiger partial charge in [0, 0.05) is 19.3 Å². The first-order valence-electron chi connectivity index (χ1n) is 11.9. The lowest BCUT2D eigenvalue weighted by molar-refractivity contribution is 0.0477. The maximum Gasteiger partial charge on any atom is 0.319 e. The monoisotopic (exact) mass is 541 g/mol. The summed E-state index contributed by atoms with van der Waals surface area (Å²) in [6, 6.07) is 8.53. The molecule has 200 valence electrons. The van der Waals surface area contributed by atoms with E-state index in [1.165, 1.54) is 32.7 Å². The third-order valence-electron chi connectivity index (χ3n) is 6.11. The summed E-state index contributed by atoms with van der Waals surface area (Å²) in [4.78, 5) is 19.3. The van der Waals surface area contributed by atoms with Gasteiger partial charge in [-0.25, -0.2) is 15.0 Å². The summed E-state index contributed by atoms with van der Waals surface area (Å²) in [5, 5.41) is 0.730. The number of hydrogen-bond donors (Lipinski definition) is 0. The molecule has 1 aliphatic rings. The van der Waals surface area contributed by atoms with E-state index in [0.717, 1.165) is 17.4 Å². The average molecular weight is 542 g/mol. The molecule has 0 N–H and O–H groups in total. The van der Waals surface area contributed by atoms with Crippen LogP contribution in [0, 0.1) is 6.92 Å². The lowest BCUT2D eigenvalue weighted by atomic mass is 10.2. The number of nitrogens with zero attached hydrogens (tertiary/aromatic N) is 5. The van der Waals surface area contributed by atoms with Crippen LogP contribution in [0.4, 0.5) is 5.82 Å². The van der Waals surface area contributed by atoms with Crippen molar-refractivity contribution in [3.8, 4) is 23.2 Å². The van der Waals surface area contributed by atoms with Crippen molar-refractivity contribution in [3.05, 3.63) is 48.4 Å². The molecule has 3 aromatic heterocycles. The summed E-state index contributed by atoms with van der Waals surface area (Å²) in [7, 11) is -0.840. The molecule has 4 heterocycles. The molecule has 1 unspecified atom stereocenters. The van der Waals surface area contributed by atoms with Gasteiger partial charge < -0.3 is 23.5 Å². The van der Waals surface area contributed by atoms with Crippen molar-refractivity contribution in [2.75, 3.05) is 45.4 Å². The maximum atomic E-state index is 12.3. The summed E-state index contributed by atoms with van der Waals surface area (Å²) in [5.41, 5.74) is 1.95. The van der Waals surface area contributed by atoms with Gasteiger partial charge in [-0.15, -0.1) is 0 Å². The third-order valence-corrected chi connectivity index (χ3v) is 7.44. The van der Waals surface area contributed by atoms with E-state index in [-0.39, 0.29) is 30.2 Å². The Kier molecular flexibility index (Phi) is 7.40. The quantitative estimate of drug-likeness (QED) is 0.215. The van der Waals surface area contributed by atoms with Gasteiger partial charge in [-0.05, 0) is 31.5 Å². The van der Waals surface area contributed by atoms with Crippen LogP contribution in [-0.4, -0.2) is 75.0 Å². The largest absolute Gasteiger partial charge is 0.480 e. The van der Waals surface area contributed by atoms with Gasteiger partial charge in [0.2, 0.25) is 11.6 Å². The minimum absolute atomic E-state index is 0.0681. The number of fused-ring (bicyclic) bond motifs is 1. The van der Waals surface area contributed by atoms with Crippen molar-refractivity contribution >= 4 is 27.0 Å². The molecule has 13 heteroatoms. The zero-order valence-corrected chi connectivity index (χ0v) is 22.0. The molecule has 12 nitrogen and oxygen atoms in total. The molecule has 5 rings (SSSR count). The van der Waals surface area contributed by atoms with E-state index in [4.69, 9.17) is 22.8 Å². The first-order chi connectivity index (χ1) is 18.4. The van der Waals surface area contributed by atoms with Crippen molar-refractivity contribution in [2.24, 2.45) is 0 Å². The van der Waals surface area contributed by atoms with Crippen LogP contribution in [0.2, 0.25) is 0 Å². The number of aromatic nitrogens is 4. The number of benzene rings is 1. The van der Waals surface area contributed by atoms with Gasteiger partial charge in [0.25, 0.3) is 10.1 Å². The van der Waals surface area contributed by atoms with Gasteiger partial charge in [-0.1, -0.05) is 17.7 Å². The Hall–Kier alpha value is -3.81. The number of aryl methyl sites for hydroxylation is 1. The summed E-state index contributed by atoms with van der Waals surface area (Å²) in [6.07, 6.45) is 3.66. The van der Waals surface area contributed by atoms with Gasteiger partial charge >= 0.3 is 6.01 Å². The van der Waals surface area contributed by atoms with E-state index in [0.29, 0.717) is 41.8 Å². The molecule has 4 aromatic rings. The number of ether oxygens (including phenoxy) is 3. The van der Waals surface area contributed by atoms with Crippen LogP contribution in [0.1, 0.15) is 12.0 Å². The maximum absolute atomic E-state index is 12.3. The predicted molar refractivity (Wildman–Crippen MR) is 137 cm³/mol. The van der Waals surface area contributed by atoms with Gasteiger partial charge in [-0.2, -0.15) is 13.4 Å². The lowest BCUT2D eigenvalue weighted by Gasteiger charge is -2.18. The fraction of sp³-hybridized carbons (Fsp3) is 0.360. The van der Waals surface area contributed by atoms with Crippen molar-refractivity contribution in [1.29, 1.82) is 0 Å². The highest BCUT2D eigenvalue weighted by Gasteiger charge is 2.27. The molecule has 1 fully saturated rings. The van der Waals surface area contributed by atoms with Crippen LogP contribution < -0.4 is 14.4 Å². The average Bonchev–Trinajstić information content (AvgIpc) is 3.58. The first-order valence-corrected chi connectivity index (χ1v) is 13.3. The van der Waals surface area contributed by atoms with Crippen LogP contribution in [0.15, 0.2) is 52.2 Å². The molecule has 1 atom stereocenters. The lowest BCUT2D eigenvalue weighted by Crippen LogP contribution is -2.25. The topological polar surface area (TPSA) is 139 Å². The zero-order chi connectivity index (χ0) is 26.7. The second-order valence-electron chi connectivity index (χ2n) is 8.62. The minimum Gasteiger partial charge on any atom is -0.480 e. The molecule has 0 amide bonds. The van der Waals surface area contributed by atoms with E-state index in [1.807, 2.05) is 13.0 Å². The van der Waals surface area contributed by atoms with E-state index in [1.54, 1.807) is 18.3 Å². The van der Waals surface area contributed by atoms with Gasteiger partial charge in [0.1, 0.15) is 17.9 Å². The Morgan fingerprint density at radius 3 is 2.66 bits per heavy atom. The van der Waals surface area contributed by atoms with Gasteiger partial charge in [0.05, 0.1) is 49.4 Å². The molecule has 0 radical (unpaired) electrons. The predicted octanol–water partition coefficient (Wildman–Crippen LogP) is 3.01. The van der Waals surface area contributed by atoms with Gasteiger partial charge in [0.15, 0.2) is 0 Å². The highest BCUT2D eigenvalue weighted by atomic mass is 32.2. The SMILES string of the molecule is COc1ncc(-c2cc3c(N4CCC(OCCOS(=O)(=O)c5ccc(C)cc5)C4)ncnc3o2)c(OC)n1. The van der Waals surface area contributed by atoms with Crippen LogP contribution in [0.3, 0.4) is 0 Å². The second-order valence-corrected chi connectivity index (χ2v) is 10.2. The van der Waals surface area contributed by atoms with Crippen molar-refractivity contribution in [1.82, 2.24) is 19.9 Å². The standard InChI is InChI=1S/C25H27N5O7S/c1-16-4-6-18(7-5-16)38(31,32)36-11-10-35-17-8-9-30(14-17)22-19-12-21(37-23(19)28-15-27-22)20-13-26-25(34-3)29-24(20)33-2/h4-7,12-13,15,17H,8-11,14H2,1-3H3. The van der Waals surface area contributed by atoms with Crippen molar-refractivity contribution < 1.29 is 31.2 Å². The Morgan fingerprint density at radius 1 is 1.08 bits per heavy atom. The normalized spacial score (nSPS) is 15.8. The van der Waals surface area contributed by atoms with Crippen LogP contribution in [0.5, 0.6) is 11.9 Å². The molecule has 0 saturated carbocycles. The molecule has 1 aromatic carbocycles. The first kappa shape index (κ1) is 25.8. The second kappa shape index (κ2) is 10.9. The molecule has 1 aliphatic heterocycles. The Labute approximate surface area is 219 Å².